The van der Waals surface area contributed by atoms with Gasteiger partial charge in [0.2, 0.25) is 0 Å². The van der Waals surface area contributed by atoms with Gasteiger partial charge in [-0.2, -0.15) is 15.6 Å². The second-order valence-electron chi connectivity index (χ2n) is 4.93. The van der Waals surface area contributed by atoms with Crippen LogP contribution in [0.4, 0.5) is 0 Å². The summed E-state index contributed by atoms with van der Waals surface area (Å²) in [6.45, 7) is -8.09. The Morgan fingerprint density at radius 3 is 2.36 bits per heavy atom. The Bertz CT molecular complexity index is 1240. The molecule has 2 rings (SSSR count). The van der Waals surface area contributed by atoms with Crippen LogP contribution in [0.5, 0.6) is 0 Å². The first-order valence-corrected chi connectivity index (χ1v) is 6.02. The summed E-state index contributed by atoms with van der Waals surface area (Å²) in [4.78, 5) is 3.33. The minimum absolute atomic E-state index is 0.218. The third-order valence-corrected chi connectivity index (χ3v) is 2.75. The first kappa shape index (κ1) is 5.85. The highest BCUT2D eigenvalue weighted by molar-refractivity contribution is 5.42. The Hall–Kier alpha value is -2.66. The van der Waals surface area contributed by atoms with Crippen LogP contribution < -0.4 is 0 Å². The van der Waals surface area contributed by atoms with Gasteiger partial charge in [-0.15, -0.1) is 0 Å². The van der Waals surface area contributed by atoms with Crippen LogP contribution in [0, 0.1) is 22.7 Å². The molecule has 1 aromatic heterocycles. The van der Waals surface area contributed by atoms with Gasteiger partial charge in [-0.3, -0.25) is 0 Å². The van der Waals surface area contributed by atoms with Gasteiger partial charge in [0.15, 0.2) is 0 Å². The molecule has 0 saturated heterocycles. The largest absolute Gasteiger partial charge is 0.249 e. The molecular formula is C17H19N5. The van der Waals surface area contributed by atoms with E-state index in [2.05, 4.69) is 10.1 Å². The molecule has 0 fully saturated rings. The lowest BCUT2D eigenvalue weighted by Gasteiger charge is -2.23. The smallest absolute Gasteiger partial charge is 0.137 e. The first-order chi connectivity index (χ1) is 15.6. The molecule has 1 heterocycles. The third kappa shape index (κ3) is 3.15. The van der Waals surface area contributed by atoms with E-state index in [1.54, 1.807) is 6.07 Å². The Morgan fingerprint density at radius 2 is 1.86 bits per heavy atom. The van der Waals surface area contributed by atoms with E-state index in [-0.39, 0.29) is 4.68 Å². The average molecular weight is 306 g/mol. The molecule has 0 aliphatic rings. The second-order valence-corrected chi connectivity index (χ2v) is 4.93. The Kier molecular flexibility index (Phi) is 1.49. The zero-order valence-electron chi connectivity index (χ0n) is 24.7. The minimum atomic E-state index is -3.66. The molecule has 1 aromatic carbocycles. The van der Waals surface area contributed by atoms with Crippen molar-refractivity contribution in [2.45, 2.75) is 44.9 Å². The first-order valence-electron chi connectivity index (χ1n) is 12.5. The van der Waals surface area contributed by atoms with Crippen molar-refractivity contribution in [2.24, 2.45) is 0 Å². The van der Waals surface area contributed by atoms with Crippen LogP contribution in [0.1, 0.15) is 62.1 Å². The quantitative estimate of drug-likeness (QED) is 0.870. The third-order valence-electron chi connectivity index (χ3n) is 2.75. The SMILES string of the molecule is [2H]c1nc([2H])n(C([2H])([2H])c2c([2H])c(C(C)(C)C#N)c([2H])c(C(C#N)(C([2H])([2H])[2H])C([2H])([2H])[2H])c2[2H])n1. The summed E-state index contributed by atoms with van der Waals surface area (Å²) in [7, 11) is 0. The van der Waals surface area contributed by atoms with Crippen molar-refractivity contribution in [1.82, 2.24) is 14.8 Å². The summed E-state index contributed by atoms with van der Waals surface area (Å²) < 4.78 is 106. The van der Waals surface area contributed by atoms with Crippen LogP contribution in [-0.4, -0.2) is 14.8 Å². The number of nitriles is 2. The van der Waals surface area contributed by atoms with Crippen molar-refractivity contribution in [3.8, 4) is 12.1 Å². The van der Waals surface area contributed by atoms with E-state index in [9.17, 15) is 10.5 Å². The monoisotopic (exact) mass is 306 g/mol. The zero-order valence-corrected chi connectivity index (χ0v) is 11.7. The highest BCUT2D eigenvalue weighted by Gasteiger charge is 2.26. The van der Waals surface area contributed by atoms with E-state index < -0.39 is 78.5 Å². The molecule has 0 amide bonds. The number of rotatable bonds is 4. The molecule has 5 nitrogen and oxygen atoms in total. The Morgan fingerprint density at radius 1 is 1.23 bits per heavy atom. The van der Waals surface area contributed by atoms with Crippen molar-refractivity contribution >= 4 is 0 Å². The van der Waals surface area contributed by atoms with Gasteiger partial charge in [0.25, 0.3) is 0 Å². The second kappa shape index (κ2) is 5.61. The van der Waals surface area contributed by atoms with Gasteiger partial charge in [-0.1, -0.05) is 18.1 Å². The van der Waals surface area contributed by atoms with E-state index >= 15 is 0 Å². The fourth-order valence-corrected chi connectivity index (χ4v) is 1.45. The van der Waals surface area contributed by atoms with Gasteiger partial charge in [-0.25, -0.2) is 9.67 Å². The van der Waals surface area contributed by atoms with Crippen LogP contribution >= 0.6 is 0 Å². The van der Waals surface area contributed by atoms with Crippen LogP contribution in [0.2, 0.25) is 0 Å². The lowest BCUT2D eigenvalue weighted by molar-refractivity contribution is 0.646. The molecular weight excluding hydrogens is 274 g/mol. The number of aromatic nitrogens is 3. The summed E-state index contributed by atoms with van der Waals surface area (Å²) in [6.07, 6.45) is -1.70. The predicted molar refractivity (Wildman–Crippen MR) is 82.8 cm³/mol. The normalized spacial score (nSPS) is 22.1. The Labute approximate surface area is 149 Å². The number of nitrogens with zero attached hydrogens (tertiary/aromatic N) is 5. The molecule has 0 aliphatic carbocycles. The molecule has 112 valence electrons. The lowest BCUT2D eigenvalue weighted by Crippen LogP contribution is -2.20. The Balaban J connectivity index is 3.33. The van der Waals surface area contributed by atoms with Crippen LogP contribution in [0.15, 0.2) is 30.7 Å². The minimum Gasteiger partial charge on any atom is -0.249 e. The van der Waals surface area contributed by atoms with Crippen molar-refractivity contribution in [3.05, 3.63) is 47.4 Å². The molecule has 0 bridgehead atoms. The molecule has 0 saturated carbocycles. The maximum Gasteiger partial charge on any atom is 0.137 e. The molecule has 0 radical (unpaired) electrons. The highest BCUT2D eigenvalue weighted by atomic mass is 15.3. The summed E-state index contributed by atoms with van der Waals surface area (Å²) in [5, 5.41) is 23.0. The van der Waals surface area contributed by atoms with Crippen molar-refractivity contribution in [3.63, 3.8) is 0 Å². The van der Waals surface area contributed by atoms with E-state index in [0.29, 0.717) is 0 Å². The predicted octanol–water partition coefficient (Wildman–Crippen LogP) is 2.93. The lowest BCUT2D eigenvalue weighted by atomic mass is 9.79. The van der Waals surface area contributed by atoms with Crippen LogP contribution in [0.3, 0.4) is 0 Å². The summed E-state index contributed by atoms with van der Waals surface area (Å²) in [6, 6.07) is -0.255. The standard InChI is InChI=1S/C17H19N5/c1-16(2,9-18)14-5-13(8-22-12-20-11-21-22)6-15(7-14)17(3,4)10-19/h5-7,11-12H,8H2,1-4H3/i1D3,2D3,5D,6D,7D,8D2,11D,12D. The fraction of sp³-hybridized carbons (Fsp3) is 0.412. The average Bonchev–Trinajstić information content (AvgIpc) is 3.01. The molecule has 0 unspecified atom stereocenters. The van der Waals surface area contributed by atoms with Crippen LogP contribution in [-0.2, 0) is 17.3 Å². The molecule has 0 atom stereocenters. The molecule has 22 heavy (non-hydrogen) atoms. The molecule has 5 heteroatoms. The fourth-order valence-electron chi connectivity index (χ4n) is 1.45. The number of hydrogen-bond donors (Lipinski definition) is 0. The zero-order chi connectivity index (χ0) is 27.5. The molecule has 0 N–H and O–H groups in total. The van der Waals surface area contributed by atoms with E-state index in [4.69, 9.17) is 17.8 Å². The molecule has 2 aromatic rings. The summed E-state index contributed by atoms with van der Waals surface area (Å²) >= 11 is 0. The summed E-state index contributed by atoms with van der Waals surface area (Å²) in [5.74, 6) is 0. The van der Waals surface area contributed by atoms with Gasteiger partial charge in [0, 0.05) is 8.22 Å². The summed E-state index contributed by atoms with van der Waals surface area (Å²) in [5.41, 5.74) is -8.21. The topological polar surface area (TPSA) is 78.3 Å². The van der Waals surface area contributed by atoms with Gasteiger partial charge in [-0.05, 0) is 44.2 Å². The van der Waals surface area contributed by atoms with Gasteiger partial charge in [0.1, 0.15) is 15.3 Å². The van der Waals surface area contributed by atoms with Gasteiger partial charge < -0.3 is 0 Å². The molecule has 0 aliphatic heterocycles. The van der Waals surface area contributed by atoms with E-state index in [1.807, 2.05) is 0 Å². The van der Waals surface area contributed by atoms with Crippen molar-refractivity contribution < 1.29 is 17.8 Å². The van der Waals surface area contributed by atoms with Gasteiger partial charge >= 0.3 is 0 Å². The molecule has 0 spiro atoms. The maximum atomic E-state index is 9.90. The van der Waals surface area contributed by atoms with Crippen molar-refractivity contribution in [2.75, 3.05) is 0 Å². The van der Waals surface area contributed by atoms with Crippen molar-refractivity contribution in [1.29, 1.82) is 10.5 Å². The van der Waals surface area contributed by atoms with E-state index in [0.717, 1.165) is 0 Å². The van der Waals surface area contributed by atoms with Crippen LogP contribution in [0.25, 0.3) is 0 Å². The maximum absolute atomic E-state index is 9.90. The van der Waals surface area contributed by atoms with Gasteiger partial charge in [0.05, 0.1) is 36.3 Å². The number of benzene rings is 1. The number of hydrogen-bond acceptors (Lipinski definition) is 4. The highest BCUT2D eigenvalue weighted by Crippen LogP contribution is 2.30. The van der Waals surface area contributed by atoms with E-state index in [1.165, 1.54) is 19.9 Å².